The third-order valence-electron chi connectivity index (χ3n) is 6.37. The van der Waals surface area contributed by atoms with Gasteiger partial charge in [0.1, 0.15) is 5.75 Å². The summed E-state index contributed by atoms with van der Waals surface area (Å²) in [6.45, 7) is 4.21. The number of para-hydroxylation sites is 2. The molecule has 0 fully saturated rings. The van der Waals surface area contributed by atoms with Gasteiger partial charge in [-0.3, -0.25) is 0 Å². The number of hydrogen-bond acceptors (Lipinski definition) is 4. The van der Waals surface area contributed by atoms with E-state index >= 15 is 0 Å². The molecular weight excluding hydrogens is 466 g/mol. The number of anilines is 5. The highest BCUT2D eigenvalue weighted by molar-refractivity contribution is 5.88. The third kappa shape index (κ3) is 5.60. The molecular formula is C34H31N3O. The molecule has 0 aliphatic carbocycles. The molecule has 0 aliphatic heterocycles. The summed E-state index contributed by atoms with van der Waals surface area (Å²) in [6.07, 6.45) is 1.85. The highest BCUT2D eigenvalue weighted by Gasteiger charge is 2.15. The minimum atomic E-state index is 0.747. The predicted octanol–water partition coefficient (Wildman–Crippen LogP) is 8.95. The molecule has 0 saturated carbocycles. The molecule has 0 radical (unpaired) electrons. The van der Waals surface area contributed by atoms with Gasteiger partial charge in [-0.15, -0.1) is 0 Å². The fourth-order valence-corrected chi connectivity index (χ4v) is 4.32. The summed E-state index contributed by atoms with van der Waals surface area (Å²) < 4.78 is 5.85. The number of rotatable bonds is 8. The molecule has 0 heterocycles. The predicted molar refractivity (Wildman–Crippen MR) is 160 cm³/mol. The van der Waals surface area contributed by atoms with Crippen LogP contribution in [0, 0.1) is 13.8 Å². The lowest BCUT2D eigenvalue weighted by Gasteiger charge is -2.26. The second-order valence-corrected chi connectivity index (χ2v) is 9.16. The Balaban J connectivity index is 1.53. The Morgan fingerprint density at radius 2 is 1.03 bits per heavy atom. The van der Waals surface area contributed by atoms with E-state index in [2.05, 4.69) is 85.5 Å². The van der Waals surface area contributed by atoms with Crippen LogP contribution in [0.15, 0.2) is 132 Å². The molecule has 0 aromatic heterocycles. The summed E-state index contributed by atoms with van der Waals surface area (Å²) in [4.78, 5) is 2.24. The Kier molecular flexibility index (Phi) is 7.51. The van der Waals surface area contributed by atoms with Gasteiger partial charge in [0.15, 0.2) is 0 Å². The van der Waals surface area contributed by atoms with Gasteiger partial charge < -0.3 is 9.64 Å². The Bertz CT molecular complexity index is 1410. The van der Waals surface area contributed by atoms with Crippen LogP contribution < -0.4 is 14.6 Å². The van der Waals surface area contributed by atoms with Crippen molar-refractivity contribution in [2.45, 2.75) is 13.8 Å². The zero-order valence-electron chi connectivity index (χ0n) is 22.0. The van der Waals surface area contributed by atoms with Crippen LogP contribution in [0.25, 0.3) is 0 Å². The molecule has 0 N–H and O–H groups in total. The van der Waals surface area contributed by atoms with Crippen LogP contribution in [-0.2, 0) is 0 Å². The summed E-state index contributed by atoms with van der Waals surface area (Å²) >= 11 is 0. The molecule has 0 atom stereocenters. The van der Waals surface area contributed by atoms with Crippen LogP contribution >= 0.6 is 0 Å². The lowest BCUT2D eigenvalue weighted by molar-refractivity contribution is 0.414. The average Bonchev–Trinajstić information content (AvgIpc) is 2.97. The summed E-state index contributed by atoms with van der Waals surface area (Å²) in [5.74, 6) is 0.747. The minimum absolute atomic E-state index is 0.747. The van der Waals surface area contributed by atoms with Gasteiger partial charge in [0.05, 0.1) is 24.7 Å². The van der Waals surface area contributed by atoms with Gasteiger partial charge in [0.25, 0.3) is 0 Å². The second kappa shape index (κ2) is 11.5. The third-order valence-corrected chi connectivity index (χ3v) is 6.37. The molecule has 0 spiro atoms. The fourth-order valence-electron chi connectivity index (χ4n) is 4.32. The van der Waals surface area contributed by atoms with Gasteiger partial charge in [-0.05, 0) is 74.5 Å². The van der Waals surface area contributed by atoms with Crippen LogP contribution in [0.1, 0.15) is 16.7 Å². The number of aryl methyl sites for hydroxylation is 2. The van der Waals surface area contributed by atoms with Crippen molar-refractivity contribution in [3.63, 3.8) is 0 Å². The monoisotopic (exact) mass is 497 g/mol. The Morgan fingerprint density at radius 3 is 1.50 bits per heavy atom. The van der Waals surface area contributed by atoms with Gasteiger partial charge in [-0.25, -0.2) is 5.01 Å². The van der Waals surface area contributed by atoms with Crippen molar-refractivity contribution in [2.24, 2.45) is 5.10 Å². The summed E-state index contributed by atoms with van der Waals surface area (Å²) in [6, 6.07) is 43.6. The van der Waals surface area contributed by atoms with Crippen molar-refractivity contribution >= 4 is 34.7 Å². The van der Waals surface area contributed by atoms with E-state index in [1.165, 1.54) is 11.1 Å². The number of hydrazone groups is 1. The Morgan fingerprint density at radius 1 is 0.553 bits per heavy atom. The van der Waals surface area contributed by atoms with E-state index in [0.29, 0.717) is 0 Å². The first-order valence-electron chi connectivity index (χ1n) is 12.7. The molecule has 0 aliphatic rings. The zero-order chi connectivity index (χ0) is 26.3. The number of ether oxygens (including phenoxy) is 1. The zero-order valence-corrected chi connectivity index (χ0v) is 22.0. The SMILES string of the molecule is COc1cc(N(c2ccc(C)cc2)c2ccc(C)cc2)ccc1/C=N/N(c1ccccc1)c1ccccc1. The van der Waals surface area contributed by atoms with Crippen molar-refractivity contribution in [1.29, 1.82) is 0 Å². The molecule has 188 valence electrons. The van der Waals surface area contributed by atoms with Crippen molar-refractivity contribution < 1.29 is 4.74 Å². The first kappa shape index (κ1) is 24.8. The van der Waals surface area contributed by atoms with Gasteiger partial charge >= 0.3 is 0 Å². The maximum atomic E-state index is 5.85. The molecule has 4 nitrogen and oxygen atoms in total. The molecule has 0 amide bonds. The van der Waals surface area contributed by atoms with Crippen molar-refractivity contribution in [1.82, 2.24) is 0 Å². The largest absolute Gasteiger partial charge is 0.496 e. The average molecular weight is 498 g/mol. The van der Waals surface area contributed by atoms with Crippen molar-refractivity contribution in [3.05, 3.63) is 144 Å². The lowest BCUT2D eigenvalue weighted by Crippen LogP contribution is -2.11. The van der Waals surface area contributed by atoms with Crippen LogP contribution in [0.4, 0.5) is 28.4 Å². The molecule has 0 saturated heterocycles. The molecule has 5 aromatic carbocycles. The van der Waals surface area contributed by atoms with Gasteiger partial charge in [-0.2, -0.15) is 5.10 Å². The van der Waals surface area contributed by atoms with Gasteiger partial charge in [0, 0.05) is 28.7 Å². The Hall–Kier alpha value is -4.83. The molecule has 4 heteroatoms. The van der Waals surface area contributed by atoms with Crippen molar-refractivity contribution in [2.75, 3.05) is 17.0 Å². The molecule has 5 aromatic rings. The van der Waals surface area contributed by atoms with E-state index in [1.54, 1.807) is 7.11 Å². The standard InChI is InChI=1S/C34H31N3O/c1-26-14-19-29(20-15-26)36(30-21-16-27(2)17-22-30)33-23-18-28(34(24-33)38-3)25-35-37(31-10-6-4-7-11-31)32-12-8-5-9-13-32/h4-25H,1-3H3/b35-25+. The van der Waals surface area contributed by atoms with E-state index in [-0.39, 0.29) is 0 Å². The first-order valence-corrected chi connectivity index (χ1v) is 12.7. The van der Waals surface area contributed by atoms with E-state index in [9.17, 15) is 0 Å². The summed E-state index contributed by atoms with van der Waals surface area (Å²) in [5.41, 5.74) is 8.48. The maximum absolute atomic E-state index is 5.85. The van der Waals surface area contributed by atoms with E-state index < -0.39 is 0 Å². The smallest absolute Gasteiger partial charge is 0.129 e. The van der Waals surface area contributed by atoms with E-state index in [4.69, 9.17) is 9.84 Å². The number of hydrogen-bond donors (Lipinski definition) is 0. The fraction of sp³-hybridized carbons (Fsp3) is 0.0882. The summed E-state index contributed by atoms with van der Waals surface area (Å²) in [5, 5.41) is 6.80. The highest BCUT2D eigenvalue weighted by atomic mass is 16.5. The van der Waals surface area contributed by atoms with Crippen LogP contribution in [0.5, 0.6) is 5.75 Å². The first-order chi connectivity index (χ1) is 18.6. The maximum Gasteiger partial charge on any atom is 0.129 e. The number of benzene rings is 5. The van der Waals surface area contributed by atoms with E-state index in [1.807, 2.05) is 71.9 Å². The molecule has 38 heavy (non-hydrogen) atoms. The second-order valence-electron chi connectivity index (χ2n) is 9.16. The summed E-state index contributed by atoms with van der Waals surface area (Å²) in [7, 11) is 1.70. The molecule has 0 unspecified atom stereocenters. The van der Waals surface area contributed by atoms with Crippen molar-refractivity contribution in [3.8, 4) is 5.75 Å². The van der Waals surface area contributed by atoms with E-state index in [0.717, 1.165) is 39.7 Å². The van der Waals surface area contributed by atoms with Crippen LogP contribution in [-0.4, -0.2) is 13.3 Å². The van der Waals surface area contributed by atoms with Gasteiger partial charge in [-0.1, -0.05) is 71.8 Å². The topological polar surface area (TPSA) is 28.1 Å². The molecule has 0 bridgehead atoms. The van der Waals surface area contributed by atoms with Crippen LogP contribution in [0.3, 0.4) is 0 Å². The lowest BCUT2D eigenvalue weighted by atomic mass is 10.1. The highest BCUT2D eigenvalue weighted by Crippen LogP contribution is 2.37. The van der Waals surface area contributed by atoms with Crippen LogP contribution in [0.2, 0.25) is 0 Å². The van der Waals surface area contributed by atoms with Gasteiger partial charge in [0.2, 0.25) is 0 Å². The molecule has 5 rings (SSSR count). The quantitative estimate of drug-likeness (QED) is 0.158. The number of methoxy groups -OCH3 is 1. The Labute approximate surface area is 225 Å². The normalized spacial score (nSPS) is 10.9. The minimum Gasteiger partial charge on any atom is -0.496 e. The number of nitrogens with zero attached hydrogens (tertiary/aromatic N) is 3.